The van der Waals surface area contributed by atoms with Gasteiger partial charge < -0.3 is 0 Å². The van der Waals surface area contributed by atoms with Crippen LogP contribution in [0.1, 0.15) is 12.5 Å². The number of non-ortho nitro benzene ring substituents is 1. The number of nitro groups is 1. The van der Waals surface area contributed by atoms with Crippen molar-refractivity contribution in [3.63, 3.8) is 0 Å². The van der Waals surface area contributed by atoms with E-state index in [0.717, 1.165) is 22.6 Å². The zero-order chi connectivity index (χ0) is 17.6. The number of hydrogen-bond acceptors (Lipinski definition) is 4. The summed E-state index contributed by atoms with van der Waals surface area (Å²) in [5, 5.41) is 17.4. The van der Waals surface area contributed by atoms with E-state index < -0.39 is 4.92 Å². The van der Waals surface area contributed by atoms with E-state index in [1.807, 2.05) is 72.6 Å². The summed E-state index contributed by atoms with van der Waals surface area (Å²) in [6, 6.07) is 26.1. The number of nitrogens with zero attached hydrogens (tertiary/aromatic N) is 3. The zero-order valence-corrected chi connectivity index (χ0v) is 13.7. The predicted molar refractivity (Wildman–Crippen MR) is 100 cm³/mol. The number of para-hydroxylation sites is 2. The van der Waals surface area contributed by atoms with Crippen LogP contribution in [0.5, 0.6) is 0 Å². The average Bonchev–Trinajstić information content (AvgIpc) is 2.67. The highest BCUT2D eigenvalue weighted by molar-refractivity contribution is 5.99. The Morgan fingerprint density at radius 3 is 1.76 bits per heavy atom. The Morgan fingerprint density at radius 2 is 1.32 bits per heavy atom. The van der Waals surface area contributed by atoms with Gasteiger partial charge in [0.25, 0.3) is 5.69 Å². The first-order chi connectivity index (χ1) is 12.1. The van der Waals surface area contributed by atoms with Crippen LogP contribution in [0.25, 0.3) is 0 Å². The van der Waals surface area contributed by atoms with Gasteiger partial charge in [0.2, 0.25) is 0 Å². The van der Waals surface area contributed by atoms with Crippen LogP contribution in [0, 0.1) is 10.1 Å². The highest BCUT2D eigenvalue weighted by Crippen LogP contribution is 2.26. The quantitative estimate of drug-likeness (QED) is 0.369. The molecule has 0 saturated carbocycles. The minimum Gasteiger partial charge on any atom is -0.258 e. The molecule has 3 aromatic rings. The van der Waals surface area contributed by atoms with Gasteiger partial charge in [-0.05, 0) is 48.9 Å². The number of hydrogen-bond donors (Lipinski definition) is 0. The van der Waals surface area contributed by atoms with E-state index in [-0.39, 0.29) is 5.69 Å². The van der Waals surface area contributed by atoms with Gasteiger partial charge in [0.1, 0.15) is 0 Å². The monoisotopic (exact) mass is 331 g/mol. The van der Waals surface area contributed by atoms with Crippen LogP contribution < -0.4 is 5.01 Å². The molecule has 0 unspecified atom stereocenters. The number of nitro benzene ring substituents is 1. The molecule has 0 aromatic heterocycles. The van der Waals surface area contributed by atoms with Crippen molar-refractivity contribution < 1.29 is 4.92 Å². The molecule has 5 heteroatoms. The van der Waals surface area contributed by atoms with E-state index in [1.165, 1.54) is 12.1 Å². The lowest BCUT2D eigenvalue weighted by Gasteiger charge is -2.20. The summed E-state index contributed by atoms with van der Waals surface area (Å²) in [5.41, 5.74) is 3.55. The van der Waals surface area contributed by atoms with Crippen LogP contribution in [0.4, 0.5) is 17.1 Å². The summed E-state index contributed by atoms with van der Waals surface area (Å²) in [5.74, 6) is 0. The van der Waals surface area contributed by atoms with E-state index in [4.69, 9.17) is 5.10 Å². The Balaban J connectivity index is 1.99. The van der Waals surface area contributed by atoms with Gasteiger partial charge in [0.05, 0.1) is 22.0 Å². The molecule has 5 nitrogen and oxygen atoms in total. The Hall–Kier alpha value is -3.47. The van der Waals surface area contributed by atoms with Gasteiger partial charge in [-0.2, -0.15) is 5.10 Å². The largest absolute Gasteiger partial charge is 0.269 e. The smallest absolute Gasteiger partial charge is 0.258 e. The zero-order valence-electron chi connectivity index (χ0n) is 13.7. The second-order valence-corrected chi connectivity index (χ2v) is 5.47. The molecule has 0 aliphatic heterocycles. The van der Waals surface area contributed by atoms with Crippen LogP contribution in [-0.4, -0.2) is 10.6 Å². The Bertz CT molecular complexity index is 836. The van der Waals surface area contributed by atoms with Gasteiger partial charge >= 0.3 is 0 Å². The highest BCUT2D eigenvalue weighted by Gasteiger charge is 2.10. The number of rotatable bonds is 5. The van der Waals surface area contributed by atoms with Crippen molar-refractivity contribution in [3.05, 3.63) is 101 Å². The maximum Gasteiger partial charge on any atom is 0.269 e. The number of hydrazone groups is 1. The first-order valence-electron chi connectivity index (χ1n) is 7.85. The van der Waals surface area contributed by atoms with Gasteiger partial charge in [-0.3, -0.25) is 10.1 Å². The maximum absolute atomic E-state index is 10.8. The molecular formula is C20H17N3O2. The van der Waals surface area contributed by atoms with E-state index >= 15 is 0 Å². The SMILES string of the molecule is C/C(=N/N(c1ccccc1)c1ccccc1)c1ccc([N+](=O)[O-])cc1. The average molecular weight is 331 g/mol. The standard InChI is InChI=1S/C20H17N3O2/c1-16(17-12-14-20(15-13-17)23(24)25)21-22(18-8-4-2-5-9-18)19-10-6-3-7-11-19/h2-15H,1H3/b21-16-. The third-order valence-electron chi connectivity index (χ3n) is 3.75. The highest BCUT2D eigenvalue weighted by atomic mass is 16.6. The third kappa shape index (κ3) is 3.90. The van der Waals surface area contributed by atoms with Crippen molar-refractivity contribution in [3.8, 4) is 0 Å². The van der Waals surface area contributed by atoms with E-state index in [1.54, 1.807) is 12.1 Å². The molecule has 0 amide bonds. The first kappa shape index (κ1) is 16.4. The molecule has 25 heavy (non-hydrogen) atoms. The van der Waals surface area contributed by atoms with Crippen molar-refractivity contribution in [1.29, 1.82) is 0 Å². The van der Waals surface area contributed by atoms with Crippen LogP contribution in [-0.2, 0) is 0 Å². The van der Waals surface area contributed by atoms with Crippen LogP contribution in [0.15, 0.2) is 90.0 Å². The fourth-order valence-corrected chi connectivity index (χ4v) is 2.44. The molecule has 0 atom stereocenters. The molecule has 0 N–H and O–H groups in total. The van der Waals surface area contributed by atoms with Gasteiger partial charge in [0.15, 0.2) is 0 Å². The summed E-state index contributed by atoms with van der Waals surface area (Å²) in [4.78, 5) is 10.4. The molecule has 0 bridgehead atoms. The van der Waals surface area contributed by atoms with Gasteiger partial charge in [-0.1, -0.05) is 36.4 Å². The topological polar surface area (TPSA) is 58.7 Å². The third-order valence-corrected chi connectivity index (χ3v) is 3.75. The molecule has 0 fully saturated rings. The maximum atomic E-state index is 10.8. The number of anilines is 2. The lowest BCUT2D eigenvalue weighted by atomic mass is 10.1. The van der Waals surface area contributed by atoms with E-state index in [9.17, 15) is 10.1 Å². The van der Waals surface area contributed by atoms with E-state index in [0.29, 0.717) is 0 Å². The summed E-state index contributed by atoms with van der Waals surface area (Å²) >= 11 is 0. The number of benzene rings is 3. The van der Waals surface area contributed by atoms with Crippen molar-refractivity contribution in [1.82, 2.24) is 0 Å². The second kappa shape index (κ2) is 7.40. The van der Waals surface area contributed by atoms with Crippen molar-refractivity contribution in [2.75, 3.05) is 5.01 Å². The lowest BCUT2D eigenvalue weighted by Crippen LogP contribution is -2.12. The van der Waals surface area contributed by atoms with Crippen LogP contribution in [0.3, 0.4) is 0 Å². The van der Waals surface area contributed by atoms with Crippen LogP contribution in [0.2, 0.25) is 0 Å². The van der Waals surface area contributed by atoms with Gasteiger partial charge in [-0.15, -0.1) is 0 Å². The lowest BCUT2D eigenvalue weighted by molar-refractivity contribution is -0.384. The van der Waals surface area contributed by atoms with Gasteiger partial charge in [0, 0.05) is 12.1 Å². The minimum absolute atomic E-state index is 0.0690. The molecule has 0 aliphatic carbocycles. The molecular weight excluding hydrogens is 314 g/mol. The summed E-state index contributed by atoms with van der Waals surface area (Å²) in [6.45, 7) is 1.89. The molecule has 0 saturated heterocycles. The summed E-state index contributed by atoms with van der Waals surface area (Å²) in [6.07, 6.45) is 0. The molecule has 3 rings (SSSR count). The molecule has 124 valence electrons. The second-order valence-electron chi connectivity index (χ2n) is 5.47. The molecule has 0 radical (unpaired) electrons. The molecule has 0 aliphatic rings. The van der Waals surface area contributed by atoms with Crippen LogP contribution >= 0.6 is 0 Å². The first-order valence-corrected chi connectivity index (χ1v) is 7.85. The van der Waals surface area contributed by atoms with Crippen molar-refractivity contribution in [2.45, 2.75) is 6.92 Å². The minimum atomic E-state index is -0.406. The van der Waals surface area contributed by atoms with Gasteiger partial charge in [-0.25, -0.2) is 5.01 Å². The molecule has 3 aromatic carbocycles. The summed E-state index contributed by atoms with van der Waals surface area (Å²) in [7, 11) is 0. The van der Waals surface area contributed by atoms with Crippen molar-refractivity contribution in [2.24, 2.45) is 5.10 Å². The summed E-state index contributed by atoms with van der Waals surface area (Å²) < 4.78 is 0. The molecule has 0 spiro atoms. The molecule has 0 heterocycles. The Morgan fingerprint density at radius 1 is 0.840 bits per heavy atom. The van der Waals surface area contributed by atoms with E-state index in [2.05, 4.69) is 0 Å². The van der Waals surface area contributed by atoms with Crippen molar-refractivity contribution >= 4 is 22.8 Å². The fourth-order valence-electron chi connectivity index (χ4n) is 2.44. The Kier molecular flexibility index (Phi) is 4.85. The fraction of sp³-hybridized carbons (Fsp3) is 0.0500. The normalized spacial score (nSPS) is 11.2. The predicted octanol–water partition coefficient (Wildman–Crippen LogP) is 5.16. The Labute approximate surface area is 146 Å².